The number of nitrogens with zero attached hydrogens (tertiary/aromatic N) is 3. The number of carbonyl (C=O) groups is 1. The van der Waals surface area contributed by atoms with Gasteiger partial charge in [0.25, 0.3) is 0 Å². The molecule has 170 valence electrons. The lowest BCUT2D eigenvalue weighted by Crippen LogP contribution is -2.43. The van der Waals surface area contributed by atoms with Crippen LogP contribution in [0.1, 0.15) is 49.7 Å². The second kappa shape index (κ2) is 9.40. The van der Waals surface area contributed by atoms with Crippen LogP contribution in [0.25, 0.3) is 0 Å². The van der Waals surface area contributed by atoms with Gasteiger partial charge >= 0.3 is 0 Å². The van der Waals surface area contributed by atoms with Gasteiger partial charge in [0, 0.05) is 37.3 Å². The molecular weight excluding hydrogens is 416 g/mol. The molecule has 2 heterocycles. The van der Waals surface area contributed by atoms with Gasteiger partial charge in [0.15, 0.2) is 0 Å². The quantitative estimate of drug-likeness (QED) is 0.703. The van der Waals surface area contributed by atoms with Crippen LogP contribution in [-0.2, 0) is 21.9 Å². The second-order valence-corrected chi connectivity index (χ2v) is 9.96. The Balaban J connectivity index is 1.60. The summed E-state index contributed by atoms with van der Waals surface area (Å²) in [7, 11) is -1.69. The number of piperidine rings is 1. The van der Waals surface area contributed by atoms with E-state index in [1.54, 1.807) is 24.3 Å². The van der Waals surface area contributed by atoms with Crippen molar-refractivity contribution in [2.24, 2.45) is 13.0 Å². The molecule has 1 atom stereocenters. The van der Waals surface area contributed by atoms with Crippen LogP contribution in [0.3, 0.4) is 0 Å². The van der Waals surface area contributed by atoms with Gasteiger partial charge in [-0.3, -0.25) is 9.48 Å². The van der Waals surface area contributed by atoms with E-state index in [4.69, 9.17) is 4.74 Å². The van der Waals surface area contributed by atoms with Crippen molar-refractivity contribution in [3.63, 3.8) is 0 Å². The molecule has 1 saturated heterocycles. The average molecular weight is 449 g/mol. The standard InChI is InChI=1S/C22H32N4O4S/c1-6-30-19-7-9-20(10-8-19)31(28,29)26-13-11-18(12-14-26)22(27)23-15(2)21-16(3)24-25(5)17(21)4/h7-10,15,18H,6,11-14H2,1-5H3,(H,23,27). The van der Waals surface area contributed by atoms with Gasteiger partial charge in [-0.2, -0.15) is 9.40 Å². The molecule has 0 saturated carbocycles. The zero-order chi connectivity index (χ0) is 22.8. The first-order chi connectivity index (χ1) is 14.6. The highest BCUT2D eigenvalue weighted by Crippen LogP contribution is 2.27. The number of sulfonamides is 1. The lowest BCUT2D eigenvalue weighted by Gasteiger charge is -2.31. The van der Waals surface area contributed by atoms with Gasteiger partial charge in [-0.15, -0.1) is 0 Å². The van der Waals surface area contributed by atoms with Gasteiger partial charge in [0.2, 0.25) is 15.9 Å². The van der Waals surface area contributed by atoms with Crippen molar-refractivity contribution in [3.8, 4) is 5.75 Å². The van der Waals surface area contributed by atoms with E-state index in [2.05, 4.69) is 10.4 Å². The minimum atomic E-state index is -3.58. The van der Waals surface area contributed by atoms with Crippen molar-refractivity contribution in [2.75, 3.05) is 19.7 Å². The second-order valence-electron chi connectivity index (χ2n) is 8.02. The van der Waals surface area contributed by atoms with E-state index in [-0.39, 0.29) is 22.8 Å². The number of hydrogen-bond donors (Lipinski definition) is 1. The van der Waals surface area contributed by atoms with Crippen molar-refractivity contribution in [1.82, 2.24) is 19.4 Å². The van der Waals surface area contributed by atoms with Gasteiger partial charge in [0.05, 0.1) is 23.2 Å². The molecule has 0 bridgehead atoms. The molecular formula is C22H32N4O4S. The Labute approximate surface area is 184 Å². The Kier molecular flexibility index (Phi) is 7.06. The molecule has 1 fully saturated rings. The highest BCUT2D eigenvalue weighted by molar-refractivity contribution is 7.89. The van der Waals surface area contributed by atoms with Crippen molar-refractivity contribution < 1.29 is 17.9 Å². The smallest absolute Gasteiger partial charge is 0.243 e. The molecule has 1 aromatic carbocycles. The zero-order valence-electron chi connectivity index (χ0n) is 18.9. The number of nitrogens with one attached hydrogen (secondary N) is 1. The lowest BCUT2D eigenvalue weighted by atomic mass is 9.96. The fraction of sp³-hybridized carbons (Fsp3) is 0.545. The van der Waals surface area contributed by atoms with E-state index in [0.29, 0.717) is 38.3 Å². The Morgan fingerprint density at radius 3 is 2.35 bits per heavy atom. The first kappa shape index (κ1) is 23.3. The zero-order valence-corrected chi connectivity index (χ0v) is 19.7. The monoisotopic (exact) mass is 448 g/mol. The molecule has 1 aliphatic heterocycles. The Morgan fingerprint density at radius 2 is 1.84 bits per heavy atom. The van der Waals surface area contributed by atoms with Gasteiger partial charge in [-0.1, -0.05) is 0 Å². The summed E-state index contributed by atoms with van der Waals surface area (Å²) in [5.74, 6) is 0.407. The number of rotatable bonds is 7. The van der Waals surface area contributed by atoms with Crippen LogP contribution in [0, 0.1) is 19.8 Å². The van der Waals surface area contributed by atoms with E-state index in [0.717, 1.165) is 17.0 Å². The summed E-state index contributed by atoms with van der Waals surface area (Å²) in [5, 5.41) is 7.51. The molecule has 9 heteroatoms. The van der Waals surface area contributed by atoms with Gasteiger partial charge in [-0.05, 0) is 64.8 Å². The van der Waals surface area contributed by atoms with E-state index < -0.39 is 10.0 Å². The molecule has 1 aromatic heterocycles. The van der Waals surface area contributed by atoms with Crippen LogP contribution in [0.15, 0.2) is 29.2 Å². The molecule has 31 heavy (non-hydrogen) atoms. The maximum Gasteiger partial charge on any atom is 0.243 e. The summed E-state index contributed by atoms with van der Waals surface area (Å²) in [5.41, 5.74) is 2.97. The lowest BCUT2D eigenvalue weighted by molar-refractivity contribution is -0.126. The fourth-order valence-corrected chi connectivity index (χ4v) is 5.67. The molecule has 0 radical (unpaired) electrons. The van der Waals surface area contributed by atoms with Gasteiger partial charge in [0.1, 0.15) is 5.75 Å². The number of carbonyl (C=O) groups excluding carboxylic acids is 1. The number of ether oxygens (including phenoxy) is 1. The number of aromatic nitrogens is 2. The van der Waals surface area contributed by atoms with E-state index in [9.17, 15) is 13.2 Å². The molecule has 1 N–H and O–H groups in total. The molecule has 0 spiro atoms. The van der Waals surface area contributed by atoms with Crippen molar-refractivity contribution >= 4 is 15.9 Å². The summed E-state index contributed by atoms with van der Waals surface area (Å²) in [6, 6.07) is 6.33. The average Bonchev–Trinajstić information content (AvgIpc) is 3.00. The van der Waals surface area contributed by atoms with Crippen molar-refractivity contribution in [3.05, 3.63) is 41.2 Å². The van der Waals surface area contributed by atoms with Gasteiger partial charge in [-0.25, -0.2) is 8.42 Å². The minimum absolute atomic E-state index is 0.0340. The van der Waals surface area contributed by atoms with Crippen molar-refractivity contribution in [1.29, 1.82) is 0 Å². The minimum Gasteiger partial charge on any atom is -0.494 e. The van der Waals surface area contributed by atoms with Crippen LogP contribution < -0.4 is 10.1 Å². The summed E-state index contributed by atoms with van der Waals surface area (Å²) < 4.78 is 34.6. The SMILES string of the molecule is CCOc1ccc(S(=O)(=O)N2CCC(C(=O)NC(C)c3c(C)nn(C)c3C)CC2)cc1. The predicted octanol–water partition coefficient (Wildman–Crippen LogP) is 2.71. The first-order valence-corrected chi connectivity index (χ1v) is 12.1. The normalized spacial score (nSPS) is 16.8. The predicted molar refractivity (Wildman–Crippen MR) is 118 cm³/mol. The van der Waals surface area contributed by atoms with Crippen molar-refractivity contribution in [2.45, 2.75) is 51.5 Å². The largest absolute Gasteiger partial charge is 0.494 e. The molecule has 1 unspecified atom stereocenters. The maximum atomic E-state index is 12.9. The van der Waals surface area contributed by atoms with Crippen LogP contribution >= 0.6 is 0 Å². The molecule has 0 aliphatic carbocycles. The third kappa shape index (κ3) is 4.93. The Morgan fingerprint density at radius 1 is 1.23 bits per heavy atom. The van der Waals surface area contributed by atoms with E-state index in [1.165, 1.54) is 4.31 Å². The molecule has 3 rings (SSSR count). The topological polar surface area (TPSA) is 93.5 Å². The van der Waals surface area contributed by atoms with Crippen LogP contribution in [-0.4, -0.2) is 48.1 Å². The highest BCUT2D eigenvalue weighted by atomic mass is 32.2. The maximum absolute atomic E-state index is 12.9. The number of amides is 1. The van der Waals surface area contributed by atoms with Crippen LogP contribution in [0.5, 0.6) is 5.75 Å². The number of hydrogen-bond acceptors (Lipinski definition) is 5. The third-order valence-corrected chi connectivity index (χ3v) is 7.87. The Bertz CT molecular complexity index is 1020. The Hall–Kier alpha value is -2.39. The fourth-order valence-electron chi connectivity index (χ4n) is 4.20. The highest BCUT2D eigenvalue weighted by Gasteiger charge is 2.33. The van der Waals surface area contributed by atoms with E-state index >= 15 is 0 Å². The molecule has 1 aliphatic rings. The first-order valence-electron chi connectivity index (χ1n) is 10.7. The number of benzene rings is 1. The van der Waals surface area contributed by atoms with Crippen LogP contribution in [0.4, 0.5) is 0 Å². The molecule has 2 aromatic rings. The summed E-state index contributed by atoms with van der Waals surface area (Å²) in [6.07, 6.45) is 1.000. The number of aryl methyl sites for hydroxylation is 2. The molecule has 1 amide bonds. The summed E-state index contributed by atoms with van der Waals surface area (Å²) >= 11 is 0. The molecule has 8 nitrogen and oxygen atoms in total. The van der Waals surface area contributed by atoms with Gasteiger partial charge < -0.3 is 10.1 Å². The van der Waals surface area contributed by atoms with E-state index in [1.807, 2.05) is 39.4 Å². The third-order valence-electron chi connectivity index (χ3n) is 5.95. The summed E-state index contributed by atoms with van der Waals surface area (Å²) in [4.78, 5) is 13.1. The summed E-state index contributed by atoms with van der Waals surface area (Å²) in [6.45, 7) is 8.95. The van der Waals surface area contributed by atoms with Crippen LogP contribution in [0.2, 0.25) is 0 Å².